The molecule has 1 aromatic carbocycles. The molecule has 3 rings (SSSR count). The van der Waals surface area contributed by atoms with Crippen molar-refractivity contribution in [3.8, 4) is 11.3 Å². The van der Waals surface area contributed by atoms with E-state index in [1.807, 2.05) is 12.4 Å². The normalized spacial score (nSPS) is 18.3. The molecule has 0 amide bonds. The molecule has 3 nitrogen and oxygen atoms in total. The number of hydrogen-bond donors (Lipinski definition) is 1. The average Bonchev–Trinajstić information content (AvgIpc) is 3.15. The molecule has 19 heavy (non-hydrogen) atoms. The summed E-state index contributed by atoms with van der Waals surface area (Å²) in [6.45, 7) is 2.73. The van der Waals surface area contributed by atoms with E-state index in [1.165, 1.54) is 25.0 Å². The zero-order chi connectivity index (χ0) is 13.5. The Morgan fingerprint density at radius 1 is 1.47 bits per heavy atom. The largest absolute Gasteiger partial charge is 0.328 e. The van der Waals surface area contributed by atoms with Crippen molar-refractivity contribution >= 4 is 0 Å². The number of benzene rings is 1. The Balaban J connectivity index is 2.07. The van der Waals surface area contributed by atoms with E-state index in [4.69, 9.17) is 5.73 Å². The Hall–Kier alpha value is -1.68. The van der Waals surface area contributed by atoms with Gasteiger partial charge in [-0.2, -0.15) is 0 Å². The molecule has 1 heterocycles. The summed E-state index contributed by atoms with van der Waals surface area (Å²) >= 11 is 0. The third-order valence-electron chi connectivity index (χ3n) is 4.18. The van der Waals surface area contributed by atoms with Crippen molar-refractivity contribution in [2.75, 3.05) is 6.54 Å². The van der Waals surface area contributed by atoms with Gasteiger partial charge in [-0.3, -0.25) is 0 Å². The monoisotopic (exact) mass is 259 g/mol. The lowest BCUT2D eigenvalue weighted by molar-refractivity contribution is 0.284. The van der Waals surface area contributed by atoms with Crippen molar-refractivity contribution < 1.29 is 4.39 Å². The molecular weight excluding hydrogens is 241 g/mol. The maximum Gasteiger partial charge on any atom is 0.123 e. The highest BCUT2D eigenvalue weighted by molar-refractivity contribution is 5.59. The molecule has 1 aliphatic rings. The third-order valence-corrected chi connectivity index (χ3v) is 4.18. The zero-order valence-electron chi connectivity index (χ0n) is 11.0. The lowest BCUT2D eigenvalue weighted by Crippen LogP contribution is -2.40. The van der Waals surface area contributed by atoms with Crippen molar-refractivity contribution in [2.24, 2.45) is 11.7 Å². The summed E-state index contributed by atoms with van der Waals surface area (Å²) in [6, 6.07) is 6.62. The van der Waals surface area contributed by atoms with Crippen LogP contribution in [0.2, 0.25) is 0 Å². The van der Waals surface area contributed by atoms with Crippen molar-refractivity contribution in [1.82, 2.24) is 9.55 Å². The summed E-state index contributed by atoms with van der Waals surface area (Å²) in [5.41, 5.74) is 7.64. The fraction of sp³-hybridized carbons (Fsp3) is 0.400. The van der Waals surface area contributed by atoms with Crippen molar-refractivity contribution in [2.45, 2.75) is 25.3 Å². The van der Waals surface area contributed by atoms with E-state index < -0.39 is 0 Å². The lowest BCUT2D eigenvalue weighted by atomic mass is 9.94. The van der Waals surface area contributed by atoms with Gasteiger partial charge in [0.1, 0.15) is 5.82 Å². The molecule has 1 unspecified atom stereocenters. The Kier molecular flexibility index (Phi) is 2.90. The van der Waals surface area contributed by atoms with Crippen LogP contribution in [-0.4, -0.2) is 16.1 Å². The third kappa shape index (κ3) is 2.06. The Bertz CT molecular complexity index is 589. The van der Waals surface area contributed by atoms with Crippen molar-refractivity contribution in [1.29, 1.82) is 0 Å². The van der Waals surface area contributed by atoms with Gasteiger partial charge in [0.15, 0.2) is 0 Å². The molecule has 0 radical (unpaired) electrons. The van der Waals surface area contributed by atoms with Crippen LogP contribution in [0.4, 0.5) is 4.39 Å². The van der Waals surface area contributed by atoms with Crippen LogP contribution in [0.3, 0.4) is 0 Å². The number of halogens is 1. The van der Waals surface area contributed by atoms with Gasteiger partial charge in [0, 0.05) is 12.1 Å². The quantitative estimate of drug-likeness (QED) is 0.917. The zero-order valence-corrected chi connectivity index (χ0v) is 11.0. The number of nitrogens with two attached hydrogens (primary N) is 1. The van der Waals surface area contributed by atoms with Crippen LogP contribution >= 0.6 is 0 Å². The fourth-order valence-corrected chi connectivity index (χ4v) is 2.73. The minimum Gasteiger partial charge on any atom is -0.328 e. The number of rotatable bonds is 4. The number of hydrogen-bond acceptors (Lipinski definition) is 2. The first-order valence-electron chi connectivity index (χ1n) is 6.64. The maximum atomic E-state index is 13.4. The minimum atomic E-state index is -0.230. The highest BCUT2D eigenvalue weighted by Crippen LogP contribution is 2.45. The van der Waals surface area contributed by atoms with Crippen LogP contribution in [0, 0.1) is 11.7 Å². The van der Waals surface area contributed by atoms with Crippen LogP contribution in [0.5, 0.6) is 0 Å². The molecule has 0 spiro atoms. The van der Waals surface area contributed by atoms with Crippen molar-refractivity contribution in [3.63, 3.8) is 0 Å². The van der Waals surface area contributed by atoms with Gasteiger partial charge >= 0.3 is 0 Å². The van der Waals surface area contributed by atoms with E-state index in [-0.39, 0.29) is 11.4 Å². The van der Waals surface area contributed by atoms with Crippen LogP contribution < -0.4 is 5.73 Å². The maximum absolute atomic E-state index is 13.4. The van der Waals surface area contributed by atoms with Gasteiger partial charge in [-0.25, -0.2) is 9.37 Å². The Labute approximate surface area is 112 Å². The standard InChI is InChI=1S/C15H18FN3/c1-15(9-17,12-5-6-12)19-10-18-8-14(19)11-3-2-4-13(16)7-11/h2-4,7-8,10,12H,5-6,9,17H2,1H3. The highest BCUT2D eigenvalue weighted by Gasteiger charge is 2.42. The molecule has 1 aromatic heterocycles. The van der Waals surface area contributed by atoms with E-state index in [0.29, 0.717) is 12.5 Å². The topological polar surface area (TPSA) is 43.8 Å². The Morgan fingerprint density at radius 3 is 2.89 bits per heavy atom. The predicted octanol–water partition coefficient (Wildman–Crippen LogP) is 2.77. The number of nitrogens with zero attached hydrogens (tertiary/aromatic N) is 2. The van der Waals surface area contributed by atoms with E-state index in [0.717, 1.165) is 11.3 Å². The molecule has 2 aromatic rings. The molecule has 4 heteroatoms. The van der Waals surface area contributed by atoms with Gasteiger partial charge in [0.25, 0.3) is 0 Å². The summed E-state index contributed by atoms with van der Waals surface area (Å²) in [5, 5.41) is 0. The van der Waals surface area contributed by atoms with E-state index in [9.17, 15) is 4.39 Å². The molecule has 0 bridgehead atoms. The fourth-order valence-electron chi connectivity index (χ4n) is 2.73. The number of aromatic nitrogens is 2. The summed E-state index contributed by atoms with van der Waals surface area (Å²) < 4.78 is 15.5. The van der Waals surface area contributed by atoms with Crippen molar-refractivity contribution in [3.05, 3.63) is 42.6 Å². The molecule has 0 saturated heterocycles. The van der Waals surface area contributed by atoms with Gasteiger partial charge in [-0.1, -0.05) is 12.1 Å². The molecule has 0 aliphatic heterocycles. The molecule has 1 aliphatic carbocycles. The molecule has 1 fully saturated rings. The first kappa shape index (κ1) is 12.4. The summed E-state index contributed by atoms with van der Waals surface area (Å²) in [4.78, 5) is 4.24. The smallest absolute Gasteiger partial charge is 0.123 e. The molecule has 2 N–H and O–H groups in total. The van der Waals surface area contributed by atoms with Gasteiger partial charge < -0.3 is 10.3 Å². The molecule has 1 atom stereocenters. The van der Waals surface area contributed by atoms with Crippen LogP contribution in [0.1, 0.15) is 19.8 Å². The molecular formula is C15H18FN3. The van der Waals surface area contributed by atoms with Crippen LogP contribution in [-0.2, 0) is 5.54 Å². The second-order valence-corrected chi connectivity index (χ2v) is 5.49. The number of imidazole rings is 1. The Morgan fingerprint density at radius 2 is 2.26 bits per heavy atom. The van der Waals surface area contributed by atoms with Crippen LogP contribution in [0.15, 0.2) is 36.8 Å². The second-order valence-electron chi connectivity index (χ2n) is 5.49. The van der Waals surface area contributed by atoms with E-state index in [2.05, 4.69) is 16.5 Å². The summed E-state index contributed by atoms with van der Waals surface area (Å²) in [7, 11) is 0. The predicted molar refractivity (Wildman–Crippen MR) is 73.0 cm³/mol. The molecule has 100 valence electrons. The SMILES string of the molecule is CC(CN)(C1CC1)n1cncc1-c1cccc(F)c1. The minimum absolute atomic E-state index is 0.127. The van der Waals surface area contributed by atoms with Gasteiger partial charge in [-0.15, -0.1) is 0 Å². The second kappa shape index (κ2) is 4.46. The average molecular weight is 259 g/mol. The van der Waals surface area contributed by atoms with Gasteiger partial charge in [-0.05, 0) is 37.8 Å². The van der Waals surface area contributed by atoms with Gasteiger partial charge in [0.05, 0.1) is 23.8 Å². The van der Waals surface area contributed by atoms with E-state index >= 15 is 0 Å². The summed E-state index contributed by atoms with van der Waals surface area (Å²) in [5.74, 6) is 0.366. The van der Waals surface area contributed by atoms with E-state index in [1.54, 1.807) is 12.3 Å². The van der Waals surface area contributed by atoms with Crippen LogP contribution in [0.25, 0.3) is 11.3 Å². The summed E-state index contributed by atoms with van der Waals surface area (Å²) in [6.07, 6.45) is 6.00. The first-order valence-corrected chi connectivity index (χ1v) is 6.64. The lowest BCUT2D eigenvalue weighted by Gasteiger charge is -2.32. The highest BCUT2D eigenvalue weighted by atomic mass is 19.1. The van der Waals surface area contributed by atoms with Gasteiger partial charge in [0.2, 0.25) is 0 Å². The molecule has 1 saturated carbocycles. The first-order chi connectivity index (χ1) is 9.15.